The quantitative estimate of drug-likeness (QED) is 0.218. The number of fused-ring (bicyclic) bond motifs is 2. The van der Waals surface area contributed by atoms with Gasteiger partial charge in [-0.1, -0.05) is 69.3 Å². The van der Waals surface area contributed by atoms with Crippen LogP contribution < -0.4 is 26.0 Å². The smallest absolute Gasteiger partial charge is 0.251 e. The van der Waals surface area contributed by atoms with Crippen LogP contribution in [0, 0.1) is 23.2 Å². The maximum atomic E-state index is 13.9. The lowest BCUT2D eigenvalue weighted by Gasteiger charge is -2.62. The van der Waals surface area contributed by atoms with Crippen molar-refractivity contribution >= 4 is 17.5 Å². The second kappa shape index (κ2) is 15.6. The Bertz CT molecular complexity index is 1720. The molecule has 0 unspecified atom stereocenters. The first kappa shape index (κ1) is 37.8. The summed E-state index contributed by atoms with van der Waals surface area (Å²) in [6, 6.07) is 22.2. The summed E-state index contributed by atoms with van der Waals surface area (Å²) in [7, 11) is 9.71. The molecule has 1 saturated heterocycles. The van der Waals surface area contributed by atoms with Gasteiger partial charge in [0.1, 0.15) is 5.75 Å². The molecule has 4 aliphatic rings. The van der Waals surface area contributed by atoms with Crippen LogP contribution >= 0.6 is 0 Å². The number of ether oxygens (including phenoxy) is 1. The molecule has 4 fully saturated rings. The fourth-order valence-electron chi connectivity index (χ4n) is 9.33. The summed E-state index contributed by atoms with van der Waals surface area (Å²) in [5.74, 6) is 2.53. The van der Waals surface area contributed by atoms with E-state index >= 15 is 0 Å². The third-order valence-electron chi connectivity index (χ3n) is 12.3. The molecule has 0 radical (unpaired) electrons. The monoisotopic (exact) mass is 708 g/mol. The number of hydrogen-bond acceptors (Lipinski definition) is 7. The molecule has 7 rings (SSSR count). The summed E-state index contributed by atoms with van der Waals surface area (Å²) in [5.41, 5.74) is 12.4. The van der Waals surface area contributed by atoms with Crippen LogP contribution in [0.2, 0.25) is 0 Å². The summed E-state index contributed by atoms with van der Waals surface area (Å²) in [6.07, 6.45) is 3.71. The van der Waals surface area contributed by atoms with Gasteiger partial charge in [0.2, 0.25) is 5.91 Å². The van der Waals surface area contributed by atoms with E-state index < -0.39 is 0 Å². The Morgan fingerprint density at radius 2 is 1.75 bits per heavy atom. The first-order valence-electron chi connectivity index (χ1n) is 19.0. The summed E-state index contributed by atoms with van der Waals surface area (Å²) in [6.45, 7) is 8.99. The Hall–Kier alpha value is -3.92. The lowest BCUT2D eigenvalue weighted by molar-refractivity contribution is -0.137. The molecule has 3 aliphatic carbocycles. The fourth-order valence-corrected chi connectivity index (χ4v) is 9.33. The molecule has 0 aromatic heterocycles. The van der Waals surface area contributed by atoms with Crippen LogP contribution in [0.4, 0.5) is 5.69 Å². The Morgan fingerprint density at radius 1 is 1.00 bits per heavy atom. The van der Waals surface area contributed by atoms with Crippen molar-refractivity contribution in [2.45, 2.75) is 77.2 Å². The molecule has 52 heavy (non-hydrogen) atoms. The summed E-state index contributed by atoms with van der Waals surface area (Å²) >= 11 is 0. The minimum Gasteiger partial charge on any atom is -0.496 e. The van der Waals surface area contributed by atoms with Gasteiger partial charge in [0.25, 0.3) is 5.91 Å². The van der Waals surface area contributed by atoms with E-state index in [9.17, 15) is 9.59 Å². The van der Waals surface area contributed by atoms with Crippen LogP contribution in [0.5, 0.6) is 5.75 Å². The van der Waals surface area contributed by atoms with Crippen molar-refractivity contribution in [3.8, 4) is 16.9 Å². The molecule has 9 heteroatoms. The average Bonchev–Trinajstić information content (AvgIpc) is 3.48. The molecule has 3 aromatic rings. The van der Waals surface area contributed by atoms with Crippen LogP contribution in [0.25, 0.3) is 11.1 Å². The number of carbonyl (C=O) groups excluding carboxylic acids is 2. The largest absolute Gasteiger partial charge is 0.496 e. The number of benzene rings is 3. The number of likely N-dealkylation sites (tertiary alicyclic amines) is 1. The van der Waals surface area contributed by atoms with Gasteiger partial charge in [0.15, 0.2) is 0 Å². The number of nitrogens with two attached hydrogens (primary N) is 1. The molecule has 3 saturated carbocycles. The van der Waals surface area contributed by atoms with E-state index in [4.69, 9.17) is 10.5 Å². The van der Waals surface area contributed by atoms with E-state index in [1.54, 1.807) is 7.11 Å². The number of nitrogens with one attached hydrogen (secondary N) is 2. The second-order valence-electron chi connectivity index (χ2n) is 16.8. The number of amides is 2. The summed E-state index contributed by atoms with van der Waals surface area (Å²) < 4.78 is 6.13. The molecule has 2 amide bonds. The van der Waals surface area contributed by atoms with Gasteiger partial charge in [-0.25, -0.2) is 0 Å². The van der Waals surface area contributed by atoms with Crippen LogP contribution in [0.15, 0.2) is 66.7 Å². The fraction of sp³-hybridized carbons (Fsp3) is 0.535. The minimum absolute atomic E-state index is 0.0648. The lowest BCUT2D eigenvalue weighted by Crippen LogP contribution is -2.61. The van der Waals surface area contributed by atoms with E-state index in [1.807, 2.05) is 75.6 Å². The van der Waals surface area contributed by atoms with Crippen molar-refractivity contribution in [1.82, 2.24) is 20.4 Å². The second-order valence-corrected chi connectivity index (χ2v) is 16.8. The molecule has 1 heterocycles. The number of methoxy groups -OCH3 is 1. The zero-order valence-electron chi connectivity index (χ0n) is 32.5. The van der Waals surface area contributed by atoms with Crippen LogP contribution in [0.3, 0.4) is 0 Å². The Kier molecular flexibility index (Phi) is 11.3. The van der Waals surface area contributed by atoms with Crippen molar-refractivity contribution < 1.29 is 14.3 Å². The Labute approximate surface area is 311 Å². The molecular weight excluding hydrogens is 649 g/mol. The molecule has 0 spiro atoms. The number of anilines is 1. The number of likely N-dealkylation sites (N-methyl/N-ethyl adjacent to an activating group) is 1. The van der Waals surface area contributed by atoms with E-state index in [-0.39, 0.29) is 36.0 Å². The Balaban J connectivity index is 1.23. The molecule has 3 aromatic carbocycles. The van der Waals surface area contributed by atoms with E-state index in [0.29, 0.717) is 48.2 Å². The van der Waals surface area contributed by atoms with Gasteiger partial charge in [0, 0.05) is 74.2 Å². The predicted octanol–water partition coefficient (Wildman–Crippen LogP) is 5.42. The first-order chi connectivity index (χ1) is 24.7. The summed E-state index contributed by atoms with van der Waals surface area (Å²) in [5, 5.41) is 6.79. The number of hydrogen-bond donors (Lipinski definition) is 3. The predicted molar refractivity (Wildman–Crippen MR) is 211 cm³/mol. The van der Waals surface area contributed by atoms with Gasteiger partial charge in [-0.3, -0.25) is 14.5 Å². The van der Waals surface area contributed by atoms with Crippen molar-refractivity contribution in [3.05, 3.63) is 83.4 Å². The average molecular weight is 709 g/mol. The highest BCUT2D eigenvalue weighted by Crippen LogP contribution is 2.61. The van der Waals surface area contributed by atoms with Gasteiger partial charge in [-0.15, -0.1) is 0 Å². The molecular formula is C43H60N6O3. The number of rotatable bonds is 13. The SMILES string of the molecule is COc1c(CN2C[C@@H](N)C[C@H]2C(=O)N[C@H]2C[C@H]3C[C@@H]([C@@H]2C)C3(C)C)cccc1-c1cc(C(=O)N[C@@H](Cc2ccccc2)CN(C)C)cc(N(C)C)c1. The minimum atomic E-state index is -0.291. The van der Waals surface area contributed by atoms with Gasteiger partial charge in [0.05, 0.1) is 13.2 Å². The van der Waals surface area contributed by atoms with E-state index in [1.165, 1.54) is 12.0 Å². The van der Waals surface area contributed by atoms with Gasteiger partial charge in [-0.05, 0) is 92.3 Å². The van der Waals surface area contributed by atoms with Crippen LogP contribution in [0.1, 0.15) is 61.5 Å². The van der Waals surface area contributed by atoms with Crippen molar-refractivity contribution in [2.24, 2.45) is 28.9 Å². The molecule has 1 aliphatic heterocycles. The number of para-hydroxylation sites is 1. The maximum absolute atomic E-state index is 13.9. The van der Waals surface area contributed by atoms with Gasteiger partial charge in [-0.2, -0.15) is 0 Å². The molecule has 280 valence electrons. The van der Waals surface area contributed by atoms with E-state index in [0.717, 1.165) is 47.5 Å². The Morgan fingerprint density at radius 3 is 2.40 bits per heavy atom. The molecule has 9 nitrogen and oxygen atoms in total. The third kappa shape index (κ3) is 8.02. The number of carbonyl (C=O) groups is 2. The highest BCUT2D eigenvalue weighted by Gasteiger charge is 2.56. The normalized spacial score (nSPS) is 25.7. The highest BCUT2D eigenvalue weighted by molar-refractivity contribution is 5.97. The van der Waals surface area contributed by atoms with Crippen molar-refractivity contribution in [1.29, 1.82) is 0 Å². The molecule has 7 atom stereocenters. The maximum Gasteiger partial charge on any atom is 0.251 e. The highest BCUT2D eigenvalue weighted by atomic mass is 16.5. The molecule has 4 N–H and O–H groups in total. The number of nitrogens with zero attached hydrogens (tertiary/aromatic N) is 3. The molecule has 2 bridgehead atoms. The zero-order valence-corrected chi connectivity index (χ0v) is 32.5. The summed E-state index contributed by atoms with van der Waals surface area (Å²) in [4.78, 5) is 34.2. The van der Waals surface area contributed by atoms with E-state index in [2.05, 4.69) is 65.5 Å². The van der Waals surface area contributed by atoms with Crippen molar-refractivity contribution in [3.63, 3.8) is 0 Å². The third-order valence-corrected chi connectivity index (χ3v) is 12.3. The van der Waals surface area contributed by atoms with Crippen LogP contribution in [-0.2, 0) is 17.8 Å². The first-order valence-corrected chi connectivity index (χ1v) is 19.0. The van der Waals surface area contributed by atoms with Gasteiger partial charge >= 0.3 is 0 Å². The van der Waals surface area contributed by atoms with Crippen LogP contribution in [-0.4, -0.2) is 94.2 Å². The van der Waals surface area contributed by atoms with Gasteiger partial charge < -0.3 is 30.9 Å². The van der Waals surface area contributed by atoms with Crippen molar-refractivity contribution in [2.75, 3.05) is 53.3 Å². The standard InChI is InChI=1S/C43H60N6O3/c1-27-37-21-32(43(37,2)3)22-38(27)46-42(51)39-23-33(44)25-49(39)24-29-15-12-16-36(40(29)52-8)30-18-31(20-35(19-30)48(6)7)41(50)45-34(26-47(4)5)17-28-13-10-9-11-14-28/h9-16,18-20,27,32-34,37-39H,17,21-26,44H2,1-8H3,(H,45,50)(H,46,51)/t27-,32+,33-,34-,37-,38-,39-/m0/s1. The zero-order chi connectivity index (χ0) is 37.3. The lowest BCUT2D eigenvalue weighted by atomic mass is 9.45. The topological polar surface area (TPSA) is 103 Å².